The van der Waals surface area contributed by atoms with Gasteiger partial charge in [0, 0.05) is 30.1 Å². The standard InChI is InChI=1S/C12H21N3S/c1-9(12-15-6-7-16-12)8-14-5-4-11(13)10-2-3-10/h6-7,9-11,14H,2-5,8,13H2,1H3. The van der Waals surface area contributed by atoms with Gasteiger partial charge >= 0.3 is 0 Å². The van der Waals surface area contributed by atoms with E-state index in [9.17, 15) is 0 Å². The molecule has 0 radical (unpaired) electrons. The summed E-state index contributed by atoms with van der Waals surface area (Å²) in [5.74, 6) is 1.33. The van der Waals surface area contributed by atoms with Gasteiger partial charge < -0.3 is 11.1 Å². The predicted molar refractivity (Wildman–Crippen MR) is 68.7 cm³/mol. The summed E-state index contributed by atoms with van der Waals surface area (Å²) >= 11 is 1.73. The van der Waals surface area contributed by atoms with E-state index in [0.29, 0.717) is 12.0 Å². The third kappa shape index (κ3) is 3.54. The molecule has 1 aliphatic rings. The Morgan fingerprint density at radius 3 is 3.06 bits per heavy atom. The molecule has 2 unspecified atom stereocenters. The minimum absolute atomic E-state index is 0.419. The van der Waals surface area contributed by atoms with Gasteiger partial charge in [-0.05, 0) is 31.7 Å². The molecule has 1 aromatic heterocycles. The van der Waals surface area contributed by atoms with Crippen molar-refractivity contribution >= 4 is 11.3 Å². The van der Waals surface area contributed by atoms with Gasteiger partial charge in [0.2, 0.25) is 0 Å². The maximum Gasteiger partial charge on any atom is 0.0965 e. The van der Waals surface area contributed by atoms with Crippen molar-refractivity contribution in [1.29, 1.82) is 0 Å². The summed E-state index contributed by atoms with van der Waals surface area (Å²) in [6.07, 6.45) is 5.67. The van der Waals surface area contributed by atoms with E-state index in [1.165, 1.54) is 17.8 Å². The molecule has 1 heterocycles. The van der Waals surface area contributed by atoms with E-state index in [1.54, 1.807) is 11.3 Å². The Morgan fingerprint density at radius 1 is 1.62 bits per heavy atom. The Bertz CT molecular complexity index is 295. The fourth-order valence-electron chi connectivity index (χ4n) is 1.91. The molecule has 90 valence electrons. The average molecular weight is 239 g/mol. The molecule has 1 aromatic rings. The smallest absolute Gasteiger partial charge is 0.0965 e. The second kappa shape index (κ2) is 5.75. The highest BCUT2D eigenvalue weighted by Gasteiger charge is 2.27. The van der Waals surface area contributed by atoms with Gasteiger partial charge in [-0.15, -0.1) is 11.3 Å². The molecule has 0 saturated heterocycles. The minimum atomic E-state index is 0.419. The minimum Gasteiger partial charge on any atom is -0.327 e. The molecule has 1 fully saturated rings. The van der Waals surface area contributed by atoms with E-state index in [0.717, 1.165) is 25.4 Å². The van der Waals surface area contributed by atoms with Crippen molar-refractivity contribution in [2.75, 3.05) is 13.1 Å². The van der Waals surface area contributed by atoms with Crippen LogP contribution in [0.2, 0.25) is 0 Å². The lowest BCUT2D eigenvalue weighted by molar-refractivity contribution is 0.507. The Labute approximate surface area is 101 Å². The van der Waals surface area contributed by atoms with Crippen LogP contribution in [0, 0.1) is 5.92 Å². The summed E-state index contributed by atoms with van der Waals surface area (Å²) in [7, 11) is 0. The maximum absolute atomic E-state index is 6.04. The fraction of sp³-hybridized carbons (Fsp3) is 0.750. The summed E-state index contributed by atoms with van der Waals surface area (Å²) in [5, 5.41) is 6.73. The molecule has 0 spiro atoms. The third-order valence-corrected chi connectivity index (χ3v) is 4.21. The quantitative estimate of drug-likeness (QED) is 0.715. The molecule has 3 N–H and O–H groups in total. The van der Waals surface area contributed by atoms with Crippen LogP contribution >= 0.6 is 11.3 Å². The van der Waals surface area contributed by atoms with Crippen LogP contribution < -0.4 is 11.1 Å². The Morgan fingerprint density at radius 2 is 2.44 bits per heavy atom. The zero-order valence-corrected chi connectivity index (χ0v) is 10.7. The van der Waals surface area contributed by atoms with Gasteiger partial charge in [-0.1, -0.05) is 6.92 Å². The van der Waals surface area contributed by atoms with Crippen molar-refractivity contribution < 1.29 is 0 Å². The largest absolute Gasteiger partial charge is 0.327 e. The Hall–Kier alpha value is -0.450. The lowest BCUT2D eigenvalue weighted by Gasteiger charge is -2.13. The highest BCUT2D eigenvalue weighted by molar-refractivity contribution is 7.09. The molecule has 0 bridgehead atoms. The molecule has 4 heteroatoms. The highest BCUT2D eigenvalue weighted by atomic mass is 32.1. The van der Waals surface area contributed by atoms with Gasteiger partial charge in [0.05, 0.1) is 5.01 Å². The average Bonchev–Trinajstić information content (AvgIpc) is 2.99. The first kappa shape index (κ1) is 12.0. The topological polar surface area (TPSA) is 50.9 Å². The number of nitrogens with zero attached hydrogens (tertiary/aromatic N) is 1. The highest BCUT2D eigenvalue weighted by Crippen LogP contribution is 2.32. The summed E-state index contributed by atoms with van der Waals surface area (Å²) in [6, 6.07) is 0.419. The number of nitrogens with one attached hydrogen (secondary N) is 1. The van der Waals surface area contributed by atoms with E-state index in [-0.39, 0.29) is 0 Å². The lowest BCUT2D eigenvalue weighted by Crippen LogP contribution is -2.29. The van der Waals surface area contributed by atoms with Crippen molar-refractivity contribution in [3.8, 4) is 0 Å². The SMILES string of the molecule is CC(CNCCC(N)C1CC1)c1nccs1. The number of hydrogen-bond acceptors (Lipinski definition) is 4. The summed E-state index contributed by atoms with van der Waals surface area (Å²) < 4.78 is 0. The molecular formula is C12H21N3S. The molecule has 0 aliphatic heterocycles. The van der Waals surface area contributed by atoms with Crippen LogP contribution in [0.15, 0.2) is 11.6 Å². The summed E-state index contributed by atoms with van der Waals surface area (Å²) in [5.41, 5.74) is 6.04. The molecule has 2 atom stereocenters. The fourth-order valence-corrected chi connectivity index (χ4v) is 2.61. The zero-order chi connectivity index (χ0) is 11.4. The summed E-state index contributed by atoms with van der Waals surface area (Å²) in [6.45, 7) is 4.25. The van der Waals surface area contributed by atoms with Crippen LogP contribution in [0.3, 0.4) is 0 Å². The van der Waals surface area contributed by atoms with E-state index in [2.05, 4.69) is 17.2 Å². The molecule has 1 saturated carbocycles. The number of rotatable bonds is 7. The monoisotopic (exact) mass is 239 g/mol. The second-order valence-corrected chi connectivity index (χ2v) is 5.69. The normalized spacial score (nSPS) is 19.6. The Balaban J connectivity index is 1.57. The maximum atomic E-state index is 6.04. The molecule has 3 nitrogen and oxygen atoms in total. The van der Waals surface area contributed by atoms with Gasteiger partial charge in [0.15, 0.2) is 0 Å². The first-order chi connectivity index (χ1) is 7.77. The summed E-state index contributed by atoms with van der Waals surface area (Å²) in [4.78, 5) is 4.32. The van der Waals surface area contributed by atoms with Crippen LogP contribution in [0.1, 0.15) is 37.1 Å². The van der Waals surface area contributed by atoms with Crippen molar-refractivity contribution in [2.24, 2.45) is 11.7 Å². The first-order valence-corrected chi connectivity index (χ1v) is 7.01. The van der Waals surface area contributed by atoms with Gasteiger partial charge in [0.25, 0.3) is 0 Å². The molecule has 0 aromatic carbocycles. The number of thiazole rings is 1. The van der Waals surface area contributed by atoms with Crippen LogP contribution in [0.4, 0.5) is 0 Å². The van der Waals surface area contributed by atoms with Crippen LogP contribution in [-0.4, -0.2) is 24.1 Å². The molecule has 1 aliphatic carbocycles. The van der Waals surface area contributed by atoms with E-state index in [1.807, 2.05) is 11.6 Å². The molecule has 0 amide bonds. The van der Waals surface area contributed by atoms with Gasteiger partial charge in [-0.2, -0.15) is 0 Å². The van der Waals surface area contributed by atoms with E-state index >= 15 is 0 Å². The van der Waals surface area contributed by atoms with Crippen LogP contribution in [-0.2, 0) is 0 Å². The van der Waals surface area contributed by atoms with Crippen molar-refractivity contribution in [3.63, 3.8) is 0 Å². The van der Waals surface area contributed by atoms with Crippen molar-refractivity contribution in [3.05, 3.63) is 16.6 Å². The zero-order valence-electron chi connectivity index (χ0n) is 9.86. The van der Waals surface area contributed by atoms with Crippen molar-refractivity contribution in [1.82, 2.24) is 10.3 Å². The van der Waals surface area contributed by atoms with Crippen molar-refractivity contribution in [2.45, 2.75) is 38.1 Å². The van der Waals surface area contributed by atoms with Gasteiger partial charge in [-0.3, -0.25) is 0 Å². The number of nitrogens with two attached hydrogens (primary N) is 1. The van der Waals surface area contributed by atoms with E-state index < -0.39 is 0 Å². The van der Waals surface area contributed by atoms with Crippen LogP contribution in [0.25, 0.3) is 0 Å². The van der Waals surface area contributed by atoms with Gasteiger partial charge in [-0.25, -0.2) is 4.98 Å². The first-order valence-electron chi connectivity index (χ1n) is 6.13. The second-order valence-electron chi connectivity index (χ2n) is 4.77. The van der Waals surface area contributed by atoms with E-state index in [4.69, 9.17) is 5.73 Å². The third-order valence-electron chi connectivity index (χ3n) is 3.21. The van der Waals surface area contributed by atoms with Gasteiger partial charge in [0.1, 0.15) is 0 Å². The Kier molecular flexibility index (Phi) is 4.32. The lowest BCUT2D eigenvalue weighted by atomic mass is 10.1. The van der Waals surface area contributed by atoms with Crippen LogP contribution in [0.5, 0.6) is 0 Å². The number of hydrogen-bond donors (Lipinski definition) is 2. The molecular weight excluding hydrogens is 218 g/mol. The molecule has 16 heavy (non-hydrogen) atoms. The predicted octanol–water partition coefficient (Wildman–Crippen LogP) is 1.96. The number of aromatic nitrogens is 1. The molecule has 2 rings (SSSR count).